The summed E-state index contributed by atoms with van der Waals surface area (Å²) in [7, 11) is 0. The number of rotatable bonds is 7. The number of hydrogen-bond donors (Lipinski definition) is 3. The summed E-state index contributed by atoms with van der Waals surface area (Å²) in [6.45, 7) is 0.282. The summed E-state index contributed by atoms with van der Waals surface area (Å²) < 4.78 is 0. The van der Waals surface area contributed by atoms with E-state index in [0.29, 0.717) is 18.7 Å². The van der Waals surface area contributed by atoms with E-state index in [2.05, 4.69) is 10.3 Å². The summed E-state index contributed by atoms with van der Waals surface area (Å²) in [5.74, 6) is -0.522. The fraction of sp³-hybridized carbons (Fsp3) is 0.200. The zero-order valence-electron chi connectivity index (χ0n) is 14.1. The third-order valence-electron chi connectivity index (χ3n) is 4.15. The van der Waals surface area contributed by atoms with Crippen molar-refractivity contribution >= 4 is 17.2 Å². The van der Waals surface area contributed by atoms with Crippen LogP contribution < -0.4 is 10.9 Å². The first-order valence-electron chi connectivity index (χ1n) is 8.36. The van der Waals surface area contributed by atoms with Gasteiger partial charge < -0.3 is 15.4 Å². The molecule has 134 valence electrons. The number of H-pyrrole nitrogens is 1. The Morgan fingerprint density at radius 1 is 1.15 bits per heavy atom. The van der Waals surface area contributed by atoms with Gasteiger partial charge in [-0.1, -0.05) is 30.3 Å². The molecule has 0 saturated heterocycles. The van der Waals surface area contributed by atoms with Crippen LogP contribution in [0.15, 0.2) is 64.1 Å². The molecular formula is C20H20N2O3S. The number of aliphatic hydroxyl groups is 1. The van der Waals surface area contributed by atoms with Crippen LogP contribution in [0.4, 0.5) is 0 Å². The van der Waals surface area contributed by atoms with E-state index >= 15 is 0 Å². The molecule has 3 rings (SSSR count). The van der Waals surface area contributed by atoms with Crippen LogP contribution in [-0.4, -0.2) is 29.1 Å². The lowest BCUT2D eigenvalue weighted by Crippen LogP contribution is -2.34. The first-order chi connectivity index (χ1) is 12.7. The van der Waals surface area contributed by atoms with Crippen LogP contribution in [-0.2, 0) is 6.42 Å². The highest BCUT2D eigenvalue weighted by Crippen LogP contribution is 2.15. The number of carbonyl (C=O) groups is 1. The standard InChI is InChI=1S/C20H20N2O3S/c23-12-15(10-14-8-9-26-13-14)11-21-19(24)17-6-7-18(22-20(17)25)16-4-2-1-3-5-16/h1-9,13,15,23H,10-12H2,(H,21,24)(H,22,25). The second-order valence-corrected chi connectivity index (χ2v) is 6.86. The van der Waals surface area contributed by atoms with Gasteiger partial charge in [-0.2, -0.15) is 11.3 Å². The van der Waals surface area contributed by atoms with E-state index in [0.717, 1.165) is 11.1 Å². The van der Waals surface area contributed by atoms with Crippen molar-refractivity contribution in [2.75, 3.05) is 13.2 Å². The molecule has 0 saturated carbocycles. The Bertz CT molecular complexity index is 904. The minimum atomic E-state index is -0.436. The van der Waals surface area contributed by atoms with Gasteiger partial charge in [-0.25, -0.2) is 0 Å². The molecule has 26 heavy (non-hydrogen) atoms. The molecule has 6 heteroatoms. The Labute approximate surface area is 155 Å². The van der Waals surface area contributed by atoms with Crippen molar-refractivity contribution in [1.29, 1.82) is 0 Å². The average molecular weight is 368 g/mol. The SMILES string of the molecule is O=C(NCC(CO)Cc1ccsc1)c1ccc(-c2ccccc2)[nH]c1=O. The number of aromatic nitrogens is 1. The van der Waals surface area contributed by atoms with Crippen LogP contribution >= 0.6 is 11.3 Å². The summed E-state index contributed by atoms with van der Waals surface area (Å²) >= 11 is 1.60. The second-order valence-electron chi connectivity index (χ2n) is 6.08. The smallest absolute Gasteiger partial charge is 0.261 e. The molecule has 1 amide bonds. The van der Waals surface area contributed by atoms with Crippen molar-refractivity contribution < 1.29 is 9.90 Å². The van der Waals surface area contributed by atoms with Crippen LogP contribution in [0.3, 0.4) is 0 Å². The maximum absolute atomic E-state index is 12.3. The van der Waals surface area contributed by atoms with E-state index in [1.807, 2.05) is 47.2 Å². The Hall–Kier alpha value is -2.70. The zero-order chi connectivity index (χ0) is 18.4. The number of nitrogens with one attached hydrogen (secondary N) is 2. The van der Waals surface area contributed by atoms with E-state index in [1.54, 1.807) is 17.4 Å². The number of hydrogen-bond acceptors (Lipinski definition) is 4. The summed E-state index contributed by atoms with van der Waals surface area (Å²) in [4.78, 5) is 27.3. The summed E-state index contributed by atoms with van der Waals surface area (Å²) in [5, 5.41) is 16.3. The Balaban J connectivity index is 1.65. The van der Waals surface area contributed by atoms with Gasteiger partial charge >= 0.3 is 0 Å². The monoisotopic (exact) mass is 368 g/mol. The lowest BCUT2D eigenvalue weighted by Gasteiger charge is -2.14. The normalized spacial score (nSPS) is 11.9. The minimum absolute atomic E-state index is 0.0283. The molecule has 0 fully saturated rings. The molecule has 3 aromatic rings. The highest BCUT2D eigenvalue weighted by atomic mass is 32.1. The average Bonchev–Trinajstić information content (AvgIpc) is 3.18. The fourth-order valence-corrected chi connectivity index (χ4v) is 3.40. The minimum Gasteiger partial charge on any atom is -0.396 e. The molecule has 0 aliphatic rings. The number of amides is 1. The van der Waals surface area contributed by atoms with Crippen molar-refractivity contribution in [3.8, 4) is 11.3 Å². The Kier molecular flexibility index (Phi) is 5.99. The summed E-state index contributed by atoms with van der Waals surface area (Å²) in [6.07, 6.45) is 0.684. The maximum Gasteiger partial charge on any atom is 0.261 e. The molecule has 0 spiro atoms. The first kappa shape index (κ1) is 18.1. The van der Waals surface area contributed by atoms with Gasteiger partial charge in [-0.3, -0.25) is 9.59 Å². The van der Waals surface area contributed by atoms with E-state index < -0.39 is 11.5 Å². The lowest BCUT2D eigenvalue weighted by molar-refractivity contribution is 0.0938. The van der Waals surface area contributed by atoms with Gasteiger partial charge in [0, 0.05) is 24.8 Å². The predicted octanol–water partition coefficient (Wildman–Crippen LogP) is 2.68. The highest BCUT2D eigenvalue weighted by molar-refractivity contribution is 7.07. The molecule has 1 unspecified atom stereocenters. The molecule has 5 nitrogen and oxygen atoms in total. The highest BCUT2D eigenvalue weighted by Gasteiger charge is 2.15. The molecule has 2 aromatic heterocycles. The molecule has 1 atom stereocenters. The molecule has 2 heterocycles. The predicted molar refractivity (Wildman–Crippen MR) is 103 cm³/mol. The van der Waals surface area contributed by atoms with E-state index in [4.69, 9.17) is 0 Å². The van der Waals surface area contributed by atoms with Gasteiger partial charge in [0.05, 0.1) is 0 Å². The Morgan fingerprint density at radius 3 is 2.62 bits per heavy atom. The number of aromatic amines is 1. The number of aliphatic hydroxyl groups excluding tert-OH is 1. The molecule has 3 N–H and O–H groups in total. The van der Waals surface area contributed by atoms with Crippen molar-refractivity contribution in [2.45, 2.75) is 6.42 Å². The van der Waals surface area contributed by atoms with Crippen molar-refractivity contribution in [1.82, 2.24) is 10.3 Å². The van der Waals surface area contributed by atoms with E-state index in [9.17, 15) is 14.7 Å². The molecule has 0 aliphatic heterocycles. The topological polar surface area (TPSA) is 82.2 Å². The second kappa shape index (κ2) is 8.60. The van der Waals surface area contributed by atoms with Crippen LogP contribution in [0.1, 0.15) is 15.9 Å². The van der Waals surface area contributed by atoms with Crippen molar-refractivity contribution in [2.24, 2.45) is 5.92 Å². The molecular weight excluding hydrogens is 348 g/mol. The molecule has 0 radical (unpaired) electrons. The van der Waals surface area contributed by atoms with Crippen molar-refractivity contribution in [3.05, 3.63) is 80.8 Å². The van der Waals surface area contributed by atoms with Crippen LogP contribution in [0.2, 0.25) is 0 Å². The van der Waals surface area contributed by atoms with Crippen LogP contribution in [0.25, 0.3) is 11.3 Å². The fourth-order valence-electron chi connectivity index (χ4n) is 2.71. The van der Waals surface area contributed by atoms with Gasteiger partial charge in [-0.15, -0.1) is 0 Å². The van der Waals surface area contributed by atoms with Gasteiger partial charge in [0.1, 0.15) is 5.56 Å². The van der Waals surface area contributed by atoms with Crippen LogP contribution in [0, 0.1) is 5.92 Å². The Morgan fingerprint density at radius 2 is 1.96 bits per heavy atom. The first-order valence-corrected chi connectivity index (χ1v) is 9.30. The number of carbonyl (C=O) groups excluding carboxylic acids is 1. The number of pyridine rings is 1. The quantitative estimate of drug-likeness (QED) is 0.600. The van der Waals surface area contributed by atoms with Gasteiger partial charge in [0.15, 0.2) is 0 Å². The van der Waals surface area contributed by atoms with Gasteiger partial charge in [0.2, 0.25) is 0 Å². The number of benzene rings is 1. The third-order valence-corrected chi connectivity index (χ3v) is 4.88. The molecule has 1 aromatic carbocycles. The summed E-state index contributed by atoms with van der Waals surface area (Å²) in [5.41, 5.74) is 2.32. The molecule has 0 bridgehead atoms. The van der Waals surface area contributed by atoms with Gasteiger partial charge in [-0.05, 0) is 46.5 Å². The lowest BCUT2D eigenvalue weighted by atomic mass is 10.0. The van der Waals surface area contributed by atoms with E-state index in [1.165, 1.54) is 6.07 Å². The maximum atomic E-state index is 12.3. The largest absolute Gasteiger partial charge is 0.396 e. The number of thiophene rings is 1. The third kappa shape index (κ3) is 4.47. The van der Waals surface area contributed by atoms with Crippen molar-refractivity contribution in [3.63, 3.8) is 0 Å². The van der Waals surface area contributed by atoms with E-state index in [-0.39, 0.29) is 18.1 Å². The van der Waals surface area contributed by atoms with Crippen LogP contribution in [0.5, 0.6) is 0 Å². The molecule has 0 aliphatic carbocycles. The zero-order valence-corrected chi connectivity index (χ0v) is 15.0. The van der Waals surface area contributed by atoms with Gasteiger partial charge in [0.25, 0.3) is 11.5 Å². The summed E-state index contributed by atoms with van der Waals surface area (Å²) in [6, 6.07) is 14.7.